The average Bonchev–Trinajstić information content (AvgIpc) is 0.918. The summed E-state index contributed by atoms with van der Waals surface area (Å²) < 4.78 is 0. The van der Waals surface area contributed by atoms with Gasteiger partial charge in [-0.15, -0.1) is 0 Å². The monoisotopic (exact) mass is 145 g/mol. The third-order valence-corrected chi connectivity index (χ3v) is 0. The van der Waals surface area contributed by atoms with Crippen molar-refractivity contribution >= 4 is 0 Å². The summed E-state index contributed by atoms with van der Waals surface area (Å²) in [5.74, 6) is 0. The van der Waals surface area contributed by atoms with E-state index in [4.69, 9.17) is 0 Å². The SMILES string of the molecule is C=[C-]C.[CH3-].[Y]. The zero-order valence-electron chi connectivity index (χ0n) is 3.78. The predicted octanol–water partition coefficient (Wildman–Crippen LogP) is 1.44. The molecule has 0 spiro atoms. The van der Waals surface area contributed by atoms with Gasteiger partial charge in [-0.2, -0.15) is 6.92 Å². The second-order valence-electron chi connectivity index (χ2n) is 0.354. The zero-order chi connectivity index (χ0) is 2.71. The Bertz CT molecular complexity index is 11.1. The van der Waals surface area contributed by atoms with Crippen molar-refractivity contribution < 1.29 is 32.7 Å². The van der Waals surface area contributed by atoms with Crippen molar-refractivity contribution in [2.45, 2.75) is 6.92 Å². The van der Waals surface area contributed by atoms with Gasteiger partial charge in [-0.05, 0) is 0 Å². The van der Waals surface area contributed by atoms with Gasteiger partial charge in [-0.3, -0.25) is 6.58 Å². The van der Waals surface area contributed by atoms with Gasteiger partial charge >= 0.3 is 0 Å². The Balaban J connectivity index is -0.0000000200. The van der Waals surface area contributed by atoms with Crippen LogP contribution in [0.5, 0.6) is 0 Å². The molecule has 0 aromatic heterocycles. The number of hydrogen-bond donors (Lipinski definition) is 0. The van der Waals surface area contributed by atoms with Gasteiger partial charge in [-0.25, -0.2) is 0 Å². The van der Waals surface area contributed by atoms with E-state index in [1.807, 2.05) is 0 Å². The summed E-state index contributed by atoms with van der Waals surface area (Å²) in [5.41, 5.74) is 0. The van der Waals surface area contributed by atoms with Crippen LogP contribution < -0.4 is 0 Å². The fraction of sp³-hybridized carbons (Fsp3) is 0.250. The third kappa shape index (κ3) is 55.0. The van der Waals surface area contributed by atoms with E-state index in [1.165, 1.54) is 0 Å². The van der Waals surface area contributed by atoms with Gasteiger partial charge in [0.15, 0.2) is 0 Å². The van der Waals surface area contributed by atoms with Gasteiger partial charge < -0.3 is 13.5 Å². The van der Waals surface area contributed by atoms with Crippen LogP contribution in [0, 0.1) is 13.5 Å². The Kier molecular flexibility index (Phi) is 71.4. The molecule has 0 aliphatic rings. The molecule has 1 radical (unpaired) electrons. The molecule has 0 amide bonds. The molecule has 0 bridgehead atoms. The molecule has 0 N–H and O–H groups in total. The zero-order valence-corrected chi connectivity index (χ0v) is 6.62. The molecule has 0 unspecified atom stereocenters. The van der Waals surface area contributed by atoms with E-state index in [2.05, 4.69) is 12.7 Å². The summed E-state index contributed by atoms with van der Waals surface area (Å²) in [6.45, 7) is 5.00. The van der Waals surface area contributed by atoms with E-state index >= 15 is 0 Å². The van der Waals surface area contributed by atoms with Crippen molar-refractivity contribution in [3.8, 4) is 0 Å². The van der Waals surface area contributed by atoms with Crippen LogP contribution in [0.2, 0.25) is 0 Å². The van der Waals surface area contributed by atoms with Gasteiger partial charge in [0, 0.05) is 32.7 Å². The number of allylic oxidation sites excluding steroid dienone is 1. The molecule has 29 valence electrons. The molecule has 0 aromatic rings. The van der Waals surface area contributed by atoms with Crippen LogP contribution in [0.25, 0.3) is 0 Å². The van der Waals surface area contributed by atoms with Gasteiger partial charge in [0.1, 0.15) is 0 Å². The Morgan fingerprint density at radius 2 is 1.60 bits per heavy atom. The first-order valence-corrected chi connectivity index (χ1v) is 0.854. The second-order valence-corrected chi connectivity index (χ2v) is 0.354. The van der Waals surface area contributed by atoms with Crippen molar-refractivity contribution in [1.29, 1.82) is 0 Å². The van der Waals surface area contributed by atoms with Crippen LogP contribution in [-0.4, -0.2) is 0 Å². The predicted molar refractivity (Wildman–Crippen MR) is 21.0 cm³/mol. The Labute approximate surface area is 59.5 Å². The van der Waals surface area contributed by atoms with Crippen LogP contribution in [-0.2, 0) is 32.7 Å². The van der Waals surface area contributed by atoms with Gasteiger partial charge in [0.05, 0.1) is 0 Å². The maximum atomic E-state index is 3.24. The van der Waals surface area contributed by atoms with Crippen LogP contribution in [0.4, 0.5) is 0 Å². The second kappa shape index (κ2) is 21.1. The maximum absolute atomic E-state index is 3.24. The quantitative estimate of drug-likeness (QED) is 0.452. The van der Waals surface area contributed by atoms with Gasteiger partial charge in [0.2, 0.25) is 0 Å². The van der Waals surface area contributed by atoms with E-state index in [1.54, 1.807) is 6.92 Å². The molecule has 0 saturated heterocycles. The van der Waals surface area contributed by atoms with Crippen LogP contribution in [0.3, 0.4) is 0 Å². The average molecular weight is 145 g/mol. The first-order chi connectivity index (χ1) is 1.41. The summed E-state index contributed by atoms with van der Waals surface area (Å²) in [6.07, 6.45) is 2.50. The van der Waals surface area contributed by atoms with E-state index in [-0.39, 0.29) is 40.1 Å². The topological polar surface area (TPSA) is 0 Å². The smallest absolute Gasteiger partial charge is 0 e. The molecule has 1 heteroatoms. The van der Waals surface area contributed by atoms with Crippen molar-refractivity contribution in [3.63, 3.8) is 0 Å². The fourth-order valence-electron chi connectivity index (χ4n) is 0. The molecule has 0 nitrogen and oxygen atoms in total. The summed E-state index contributed by atoms with van der Waals surface area (Å²) in [6, 6.07) is 0. The molecule has 0 aromatic carbocycles. The Hall–Kier alpha value is 0.844. The largest absolute Gasteiger partial charge is 0.507 e. The van der Waals surface area contributed by atoms with Gasteiger partial charge in [0.25, 0.3) is 0 Å². The normalized spacial score (nSPS) is 2.60. The third-order valence-electron chi connectivity index (χ3n) is 0. The first-order valence-electron chi connectivity index (χ1n) is 0.854. The standard InChI is InChI=1S/C3H5.CH3.Y/c1-3-2;;/h1H2,2H3;1H3;/q2*-1;. The van der Waals surface area contributed by atoms with E-state index < -0.39 is 0 Å². The van der Waals surface area contributed by atoms with Crippen molar-refractivity contribution in [3.05, 3.63) is 20.1 Å². The minimum Gasteiger partial charge on any atom is -0.507 e. The summed E-state index contributed by atoms with van der Waals surface area (Å²) >= 11 is 0. The van der Waals surface area contributed by atoms with Crippen molar-refractivity contribution in [2.24, 2.45) is 0 Å². The number of hydrogen-bond acceptors (Lipinski definition) is 0. The molecular weight excluding hydrogens is 137 g/mol. The van der Waals surface area contributed by atoms with Crippen LogP contribution in [0.1, 0.15) is 6.92 Å². The Morgan fingerprint density at radius 3 is 1.60 bits per heavy atom. The summed E-state index contributed by atoms with van der Waals surface area (Å²) in [4.78, 5) is 0. The molecule has 0 atom stereocenters. The van der Waals surface area contributed by atoms with E-state index in [0.717, 1.165) is 0 Å². The fourth-order valence-corrected chi connectivity index (χ4v) is 0. The maximum Gasteiger partial charge on any atom is 0 e. The number of rotatable bonds is 0. The first kappa shape index (κ1) is 17.0. The van der Waals surface area contributed by atoms with Crippen LogP contribution in [0.15, 0.2) is 6.58 Å². The van der Waals surface area contributed by atoms with E-state index in [0.29, 0.717) is 0 Å². The van der Waals surface area contributed by atoms with Crippen molar-refractivity contribution in [1.82, 2.24) is 0 Å². The molecule has 0 rings (SSSR count). The molecule has 0 heterocycles. The Morgan fingerprint density at radius 1 is 1.60 bits per heavy atom. The van der Waals surface area contributed by atoms with Crippen molar-refractivity contribution in [2.75, 3.05) is 0 Å². The molecule has 0 saturated carbocycles. The molecule has 0 aliphatic heterocycles. The minimum atomic E-state index is 0. The van der Waals surface area contributed by atoms with Crippen LogP contribution >= 0.6 is 0 Å². The molecular formula is C4H8Y-2. The van der Waals surface area contributed by atoms with Gasteiger partial charge in [-0.1, -0.05) is 0 Å². The molecule has 0 aliphatic carbocycles. The molecule has 5 heavy (non-hydrogen) atoms. The summed E-state index contributed by atoms with van der Waals surface area (Å²) in [7, 11) is 0. The molecule has 0 fully saturated rings. The minimum absolute atomic E-state index is 0. The summed E-state index contributed by atoms with van der Waals surface area (Å²) in [5, 5.41) is 0. The van der Waals surface area contributed by atoms with E-state index in [9.17, 15) is 0 Å².